The quantitative estimate of drug-likeness (QED) is 0.911. The van der Waals surface area contributed by atoms with Crippen molar-refractivity contribution in [3.8, 4) is 6.07 Å². The van der Waals surface area contributed by atoms with Gasteiger partial charge >= 0.3 is 0 Å². The summed E-state index contributed by atoms with van der Waals surface area (Å²) in [4.78, 5) is 0.236. The largest absolute Gasteiger partial charge is 0.242 e. The number of nitrogens with one attached hydrogen (secondary N) is 1. The normalized spacial score (nSPS) is 13.9. The molecule has 0 saturated carbocycles. The Morgan fingerprint density at radius 1 is 1.28 bits per heavy atom. The SMILES string of the molecule is CC(C#N)NS(=O)(=O)c1ccccc1C(C)(C)C. The number of rotatable bonds is 3. The summed E-state index contributed by atoms with van der Waals surface area (Å²) in [6.45, 7) is 7.37. The Balaban J connectivity index is 3.31. The third-order valence-electron chi connectivity index (χ3n) is 2.51. The molecular weight excluding hydrogens is 248 g/mol. The summed E-state index contributed by atoms with van der Waals surface area (Å²) < 4.78 is 26.8. The highest BCUT2D eigenvalue weighted by molar-refractivity contribution is 7.89. The molecule has 1 N–H and O–H groups in total. The zero-order chi connectivity index (χ0) is 14.0. The molecule has 0 spiro atoms. The van der Waals surface area contributed by atoms with Crippen molar-refractivity contribution in [1.82, 2.24) is 4.72 Å². The topological polar surface area (TPSA) is 70.0 Å². The van der Waals surface area contributed by atoms with Crippen molar-refractivity contribution in [2.45, 2.75) is 44.0 Å². The molecule has 4 nitrogen and oxygen atoms in total. The average Bonchev–Trinajstić information content (AvgIpc) is 2.27. The highest BCUT2D eigenvalue weighted by Gasteiger charge is 2.26. The molecule has 5 heteroatoms. The summed E-state index contributed by atoms with van der Waals surface area (Å²) in [5.41, 5.74) is 0.462. The highest BCUT2D eigenvalue weighted by Crippen LogP contribution is 2.28. The van der Waals surface area contributed by atoms with Crippen LogP contribution in [-0.4, -0.2) is 14.5 Å². The van der Waals surface area contributed by atoms with E-state index in [-0.39, 0.29) is 10.3 Å². The highest BCUT2D eigenvalue weighted by atomic mass is 32.2. The number of hydrogen-bond acceptors (Lipinski definition) is 3. The fourth-order valence-corrected chi connectivity index (χ4v) is 3.21. The van der Waals surface area contributed by atoms with Gasteiger partial charge in [0.15, 0.2) is 0 Å². The van der Waals surface area contributed by atoms with Crippen LogP contribution < -0.4 is 4.72 Å². The maximum atomic E-state index is 12.2. The Morgan fingerprint density at radius 3 is 2.33 bits per heavy atom. The first-order valence-corrected chi connectivity index (χ1v) is 7.18. The van der Waals surface area contributed by atoms with Gasteiger partial charge in [0.1, 0.15) is 6.04 Å². The minimum absolute atomic E-state index is 0.236. The number of hydrogen-bond donors (Lipinski definition) is 1. The molecule has 0 fully saturated rings. The predicted octanol–water partition coefficient (Wildman–Crippen LogP) is 2.17. The third-order valence-corrected chi connectivity index (χ3v) is 4.11. The minimum atomic E-state index is -3.66. The van der Waals surface area contributed by atoms with Crippen molar-refractivity contribution >= 4 is 10.0 Å². The monoisotopic (exact) mass is 266 g/mol. The molecule has 0 aliphatic heterocycles. The molecule has 0 saturated heterocycles. The van der Waals surface area contributed by atoms with E-state index in [9.17, 15) is 8.42 Å². The van der Waals surface area contributed by atoms with Crippen LogP contribution in [0.25, 0.3) is 0 Å². The van der Waals surface area contributed by atoms with Crippen LogP contribution in [0.2, 0.25) is 0 Å². The Labute approximate surface area is 109 Å². The van der Waals surface area contributed by atoms with Crippen molar-refractivity contribution in [2.24, 2.45) is 0 Å². The second kappa shape index (κ2) is 5.09. The summed E-state index contributed by atoms with van der Waals surface area (Å²) in [5, 5.41) is 8.70. The van der Waals surface area contributed by atoms with E-state index in [0.29, 0.717) is 0 Å². The van der Waals surface area contributed by atoms with E-state index >= 15 is 0 Å². The smallest absolute Gasteiger partial charge is 0.207 e. The number of benzene rings is 1. The molecule has 0 heterocycles. The van der Waals surface area contributed by atoms with Crippen LogP contribution in [-0.2, 0) is 15.4 Å². The first-order valence-electron chi connectivity index (χ1n) is 5.70. The molecule has 1 aromatic rings. The molecular formula is C13H18N2O2S. The van der Waals surface area contributed by atoms with Gasteiger partial charge in [0.2, 0.25) is 10.0 Å². The van der Waals surface area contributed by atoms with Gasteiger partial charge in [0.05, 0.1) is 11.0 Å². The van der Waals surface area contributed by atoms with E-state index in [1.54, 1.807) is 18.2 Å². The maximum absolute atomic E-state index is 12.2. The lowest BCUT2D eigenvalue weighted by Gasteiger charge is -2.23. The van der Waals surface area contributed by atoms with Crippen molar-refractivity contribution in [3.63, 3.8) is 0 Å². The van der Waals surface area contributed by atoms with Crippen LogP contribution >= 0.6 is 0 Å². The van der Waals surface area contributed by atoms with Gasteiger partial charge in [-0.1, -0.05) is 39.0 Å². The van der Waals surface area contributed by atoms with E-state index in [4.69, 9.17) is 5.26 Å². The van der Waals surface area contributed by atoms with Gasteiger partial charge in [-0.15, -0.1) is 0 Å². The fourth-order valence-electron chi connectivity index (χ4n) is 1.64. The van der Waals surface area contributed by atoms with Crippen LogP contribution in [0.1, 0.15) is 33.3 Å². The molecule has 1 aromatic carbocycles. The number of nitriles is 1. The minimum Gasteiger partial charge on any atom is -0.207 e. The van der Waals surface area contributed by atoms with Crippen LogP contribution in [0.5, 0.6) is 0 Å². The standard InChI is InChI=1S/C13H18N2O2S/c1-10(9-14)15-18(16,17)12-8-6-5-7-11(12)13(2,3)4/h5-8,10,15H,1-4H3. The second-order valence-electron chi connectivity index (χ2n) is 5.22. The van der Waals surface area contributed by atoms with E-state index < -0.39 is 16.1 Å². The van der Waals surface area contributed by atoms with Gasteiger partial charge in [0.25, 0.3) is 0 Å². The number of sulfonamides is 1. The van der Waals surface area contributed by atoms with E-state index in [1.807, 2.05) is 32.9 Å². The van der Waals surface area contributed by atoms with Gasteiger partial charge in [-0.25, -0.2) is 8.42 Å². The van der Waals surface area contributed by atoms with Crippen LogP contribution in [0.3, 0.4) is 0 Å². The summed E-state index contributed by atoms with van der Waals surface area (Å²) in [6.07, 6.45) is 0. The molecule has 0 aliphatic rings. The van der Waals surface area contributed by atoms with Gasteiger partial charge in [-0.3, -0.25) is 0 Å². The van der Waals surface area contributed by atoms with Crippen LogP contribution in [0.4, 0.5) is 0 Å². The Hall–Kier alpha value is -1.38. The molecule has 0 amide bonds. The zero-order valence-electron chi connectivity index (χ0n) is 11.1. The van der Waals surface area contributed by atoms with Gasteiger partial charge in [-0.2, -0.15) is 9.98 Å². The van der Waals surface area contributed by atoms with E-state index in [1.165, 1.54) is 6.92 Å². The fraction of sp³-hybridized carbons (Fsp3) is 0.462. The first-order chi connectivity index (χ1) is 8.18. The molecule has 1 atom stereocenters. The van der Waals surface area contributed by atoms with Crippen molar-refractivity contribution in [3.05, 3.63) is 29.8 Å². The summed E-state index contributed by atoms with van der Waals surface area (Å²) in [6, 6.07) is 7.97. The first kappa shape index (κ1) is 14.7. The molecule has 0 aliphatic carbocycles. The molecule has 98 valence electrons. The van der Waals surface area contributed by atoms with Crippen LogP contribution in [0.15, 0.2) is 29.2 Å². The Morgan fingerprint density at radius 2 is 1.83 bits per heavy atom. The van der Waals surface area contributed by atoms with E-state index in [0.717, 1.165) is 5.56 Å². The molecule has 1 unspecified atom stereocenters. The Kier molecular flexibility index (Phi) is 4.15. The number of nitrogens with zero attached hydrogens (tertiary/aromatic N) is 1. The van der Waals surface area contributed by atoms with Crippen molar-refractivity contribution in [2.75, 3.05) is 0 Å². The van der Waals surface area contributed by atoms with Gasteiger partial charge in [-0.05, 0) is 24.0 Å². The second-order valence-corrected chi connectivity index (χ2v) is 6.90. The zero-order valence-corrected chi connectivity index (χ0v) is 11.9. The van der Waals surface area contributed by atoms with Crippen molar-refractivity contribution in [1.29, 1.82) is 5.26 Å². The Bertz CT molecular complexity index is 565. The molecule has 0 bridgehead atoms. The summed E-state index contributed by atoms with van der Waals surface area (Å²) in [7, 11) is -3.66. The average molecular weight is 266 g/mol. The lowest BCUT2D eigenvalue weighted by molar-refractivity contribution is 0.552. The van der Waals surface area contributed by atoms with Gasteiger partial charge < -0.3 is 0 Å². The van der Waals surface area contributed by atoms with E-state index in [2.05, 4.69) is 4.72 Å². The van der Waals surface area contributed by atoms with Crippen LogP contribution in [0, 0.1) is 11.3 Å². The lowest BCUT2D eigenvalue weighted by Crippen LogP contribution is -2.33. The van der Waals surface area contributed by atoms with Gasteiger partial charge in [0, 0.05) is 0 Å². The lowest BCUT2D eigenvalue weighted by atomic mass is 9.87. The maximum Gasteiger partial charge on any atom is 0.242 e. The van der Waals surface area contributed by atoms with Crippen molar-refractivity contribution < 1.29 is 8.42 Å². The molecule has 18 heavy (non-hydrogen) atoms. The summed E-state index contributed by atoms with van der Waals surface area (Å²) in [5.74, 6) is 0. The summed E-state index contributed by atoms with van der Waals surface area (Å²) >= 11 is 0. The predicted molar refractivity (Wildman–Crippen MR) is 70.5 cm³/mol. The molecule has 1 rings (SSSR count). The molecule has 0 radical (unpaired) electrons. The third kappa shape index (κ3) is 3.31. The molecule has 0 aromatic heterocycles.